The minimum absolute atomic E-state index is 0.0663. The van der Waals surface area contributed by atoms with Gasteiger partial charge in [-0.1, -0.05) is 24.3 Å². The average Bonchev–Trinajstić information content (AvgIpc) is 3.10. The van der Waals surface area contributed by atoms with E-state index in [4.69, 9.17) is 9.47 Å². The molecule has 0 radical (unpaired) electrons. The first-order valence-corrected chi connectivity index (χ1v) is 9.67. The Balaban J connectivity index is 1.78. The molecule has 2 aromatic carbocycles. The Labute approximate surface area is 151 Å². The highest BCUT2D eigenvalue weighted by atomic mass is 32.2. The second kappa shape index (κ2) is 6.30. The quantitative estimate of drug-likeness (QED) is 0.882. The molecule has 7 nitrogen and oxygen atoms in total. The molecule has 136 valence electrons. The van der Waals surface area contributed by atoms with Crippen LogP contribution in [0.5, 0.6) is 11.5 Å². The van der Waals surface area contributed by atoms with Crippen molar-refractivity contribution in [2.24, 2.45) is 0 Å². The number of sulfonamides is 1. The Bertz CT molecular complexity index is 973. The molecule has 1 unspecified atom stereocenters. The molecule has 2 aliphatic rings. The molecule has 8 heteroatoms. The monoisotopic (exact) mass is 374 g/mol. The third-order valence-electron chi connectivity index (χ3n) is 4.60. The van der Waals surface area contributed by atoms with Gasteiger partial charge in [-0.15, -0.1) is 0 Å². The van der Waals surface area contributed by atoms with Crippen LogP contribution in [0.2, 0.25) is 0 Å². The van der Waals surface area contributed by atoms with E-state index in [1.165, 1.54) is 16.4 Å². The Morgan fingerprint density at radius 2 is 1.88 bits per heavy atom. The van der Waals surface area contributed by atoms with E-state index < -0.39 is 16.1 Å². The minimum Gasteiger partial charge on any atom is -0.454 e. The summed E-state index contributed by atoms with van der Waals surface area (Å²) in [5.41, 5.74) is 1.54. The van der Waals surface area contributed by atoms with Gasteiger partial charge in [0.2, 0.25) is 22.7 Å². The van der Waals surface area contributed by atoms with Gasteiger partial charge in [-0.05, 0) is 30.2 Å². The van der Waals surface area contributed by atoms with Crippen LogP contribution in [0.15, 0.2) is 47.4 Å². The first-order valence-electron chi connectivity index (χ1n) is 8.23. The fraction of sp³-hybridized carbons (Fsp3) is 0.278. The number of hydrogen-bond acceptors (Lipinski definition) is 5. The molecule has 26 heavy (non-hydrogen) atoms. The summed E-state index contributed by atoms with van der Waals surface area (Å²) in [5, 5.41) is 2.76. The van der Waals surface area contributed by atoms with Crippen LogP contribution in [0.3, 0.4) is 0 Å². The number of benzene rings is 2. The van der Waals surface area contributed by atoms with Crippen LogP contribution in [0.25, 0.3) is 0 Å². The Morgan fingerprint density at radius 3 is 2.69 bits per heavy atom. The third-order valence-corrected chi connectivity index (χ3v) is 6.46. The van der Waals surface area contributed by atoms with Gasteiger partial charge >= 0.3 is 0 Å². The van der Waals surface area contributed by atoms with Crippen LogP contribution in [0, 0.1) is 6.92 Å². The lowest BCUT2D eigenvalue weighted by Crippen LogP contribution is -2.52. The summed E-state index contributed by atoms with van der Waals surface area (Å²) in [7, 11) is -3.89. The van der Waals surface area contributed by atoms with E-state index in [1.54, 1.807) is 18.2 Å². The molecule has 1 atom stereocenters. The van der Waals surface area contributed by atoms with Crippen LogP contribution in [-0.4, -0.2) is 38.5 Å². The van der Waals surface area contributed by atoms with Crippen molar-refractivity contribution in [3.63, 3.8) is 0 Å². The number of amides is 1. The van der Waals surface area contributed by atoms with Crippen molar-refractivity contribution in [3.05, 3.63) is 53.6 Å². The van der Waals surface area contributed by atoms with Gasteiger partial charge < -0.3 is 14.8 Å². The minimum atomic E-state index is -3.89. The van der Waals surface area contributed by atoms with E-state index in [0.717, 1.165) is 5.56 Å². The standard InChI is InChI=1S/C18H18N2O5S/c1-12-4-2-3-5-14(12)17-18(21)19-8-9-20(17)26(22,23)13-6-7-15-16(10-13)25-11-24-15/h2-7,10,17H,8-9,11H2,1H3,(H,19,21). The predicted molar refractivity (Wildman–Crippen MR) is 93.4 cm³/mol. The van der Waals surface area contributed by atoms with Crippen molar-refractivity contribution in [2.45, 2.75) is 17.9 Å². The van der Waals surface area contributed by atoms with Crippen molar-refractivity contribution in [1.29, 1.82) is 0 Å². The molecule has 2 heterocycles. The Morgan fingerprint density at radius 1 is 1.12 bits per heavy atom. The molecule has 1 N–H and O–H groups in total. The molecule has 1 saturated heterocycles. The number of nitrogens with one attached hydrogen (secondary N) is 1. The predicted octanol–water partition coefficient (Wildman–Crippen LogP) is 1.59. The molecule has 0 spiro atoms. The molecule has 0 aromatic heterocycles. The van der Waals surface area contributed by atoms with E-state index in [2.05, 4.69) is 5.32 Å². The van der Waals surface area contributed by atoms with Crippen LogP contribution in [-0.2, 0) is 14.8 Å². The fourth-order valence-electron chi connectivity index (χ4n) is 3.27. The molecule has 2 aromatic rings. The van der Waals surface area contributed by atoms with Crippen LogP contribution < -0.4 is 14.8 Å². The summed E-state index contributed by atoms with van der Waals surface area (Å²) in [6.45, 7) is 2.39. The van der Waals surface area contributed by atoms with Crippen LogP contribution in [0.1, 0.15) is 17.2 Å². The van der Waals surface area contributed by atoms with E-state index in [0.29, 0.717) is 17.1 Å². The van der Waals surface area contributed by atoms with Gasteiger partial charge in [0.1, 0.15) is 6.04 Å². The number of rotatable bonds is 3. The van der Waals surface area contributed by atoms with Crippen LogP contribution in [0.4, 0.5) is 0 Å². The van der Waals surface area contributed by atoms with Crippen molar-refractivity contribution >= 4 is 15.9 Å². The SMILES string of the molecule is Cc1ccccc1C1C(=O)NCCN1S(=O)(=O)c1ccc2c(c1)OCO2. The van der Waals surface area contributed by atoms with Gasteiger partial charge in [-0.2, -0.15) is 4.31 Å². The van der Waals surface area contributed by atoms with E-state index in [9.17, 15) is 13.2 Å². The molecular weight excluding hydrogens is 356 g/mol. The molecule has 4 rings (SSSR count). The van der Waals surface area contributed by atoms with E-state index in [1.807, 2.05) is 19.1 Å². The summed E-state index contributed by atoms with van der Waals surface area (Å²) in [4.78, 5) is 12.6. The van der Waals surface area contributed by atoms with Crippen molar-refractivity contribution in [3.8, 4) is 11.5 Å². The number of carbonyl (C=O) groups excluding carboxylic acids is 1. The molecule has 0 bridgehead atoms. The maximum atomic E-state index is 13.3. The second-order valence-electron chi connectivity index (χ2n) is 6.18. The highest BCUT2D eigenvalue weighted by Gasteiger charge is 2.40. The molecule has 1 fully saturated rings. The van der Waals surface area contributed by atoms with E-state index >= 15 is 0 Å². The zero-order valence-electron chi connectivity index (χ0n) is 14.1. The molecule has 0 saturated carbocycles. The highest BCUT2D eigenvalue weighted by molar-refractivity contribution is 7.89. The van der Waals surface area contributed by atoms with Gasteiger partial charge in [-0.3, -0.25) is 4.79 Å². The molecule has 2 aliphatic heterocycles. The summed E-state index contributed by atoms with van der Waals surface area (Å²) in [5.74, 6) is 0.575. The Kier molecular flexibility index (Phi) is 4.08. The van der Waals surface area contributed by atoms with E-state index in [-0.39, 0.29) is 30.7 Å². The number of carbonyl (C=O) groups is 1. The number of fused-ring (bicyclic) bond motifs is 1. The first kappa shape index (κ1) is 16.9. The lowest BCUT2D eigenvalue weighted by Gasteiger charge is -2.35. The number of aryl methyl sites for hydroxylation is 1. The smallest absolute Gasteiger partial charge is 0.244 e. The third kappa shape index (κ3) is 2.71. The fourth-order valence-corrected chi connectivity index (χ4v) is 4.85. The molecular formula is C18H18N2O5S. The van der Waals surface area contributed by atoms with Crippen molar-refractivity contribution in [1.82, 2.24) is 9.62 Å². The summed E-state index contributed by atoms with van der Waals surface area (Å²) < 4.78 is 38.3. The van der Waals surface area contributed by atoms with Gasteiger partial charge in [-0.25, -0.2) is 8.42 Å². The number of nitrogens with zero attached hydrogens (tertiary/aromatic N) is 1. The van der Waals surface area contributed by atoms with Gasteiger partial charge in [0.25, 0.3) is 0 Å². The lowest BCUT2D eigenvalue weighted by atomic mass is 9.99. The second-order valence-corrected chi connectivity index (χ2v) is 8.07. The number of hydrogen-bond donors (Lipinski definition) is 1. The lowest BCUT2D eigenvalue weighted by molar-refractivity contribution is -0.126. The molecule has 1 amide bonds. The highest BCUT2D eigenvalue weighted by Crippen LogP contribution is 2.37. The number of piperazine rings is 1. The number of ether oxygens (including phenoxy) is 2. The normalized spacial score (nSPS) is 20.0. The van der Waals surface area contributed by atoms with Gasteiger partial charge in [0.15, 0.2) is 11.5 Å². The largest absolute Gasteiger partial charge is 0.454 e. The topological polar surface area (TPSA) is 84.9 Å². The van der Waals surface area contributed by atoms with Gasteiger partial charge in [0.05, 0.1) is 4.90 Å². The maximum Gasteiger partial charge on any atom is 0.244 e. The Hall–Kier alpha value is -2.58. The van der Waals surface area contributed by atoms with Crippen molar-refractivity contribution in [2.75, 3.05) is 19.9 Å². The average molecular weight is 374 g/mol. The molecule has 0 aliphatic carbocycles. The summed E-state index contributed by atoms with van der Waals surface area (Å²) in [6, 6.07) is 10.9. The summed E-state index contributed by atoms with van der Waals surface area (Å²) in [6.07, 6.45) is 0. The summed E-state index contributed by atoms with van der Waals surface area (Å²) >= 11 is 0. The zero-order chi connectivity index (χ0) is 18.3. The van der Waals surface area contributed by atoms with Crippen LogP contribution >= 0.6 is 0 Å². The zero-order valence-corrected chi connectivity index (χ0v) is 15.0. The first-order chi connectivity index (χ1) is 12.5. The van der Waals surface area contributed by atoms with Crippen molar-refractivity contribution < 1.29 is 22.7 Å². The maximum absolute atomic E-state index is 13.3. The van der Waals surface area contributed by atoms with Gasteiger partial charge in [0, 0.05) is 19.2 Å².